The second kappa shape index (κ2) is 2.18. The molecule has 4 atom stereocenters. The highest BCUT2D eigenvalue weighted by molar-refractivity contribution is 5.47. The number of hydrogen-bond donors (Lipinski definition) is 0. The lowest BCUT2D eigenvalue weighted by Gasteiger charge is -2.24. The molecule has 0 heterocycles. The van der Waals surface area contributed by atoms with Gasteiger partial charge in [0.05, 0.1) is 0 Å². The largest absolute Gasteiger partial charge is 0.0767 e. The van der Waals surface area contributed by atoms with Crippen LogP contribution in [0.2, 0.25) is 0 Å². The summed E-state index contributed by atoms with van der Waals surface area (Å²) in [4.78, 5) is 0. The molecule has 0 bridgehead atoms. The Bertz CT molecular complexity index is 360. The van der Waals surface area contributed by atoms with Gasteiger partial charge in [0.2, 0.25) is 0 Å². The molecule has 74 valence electrons. The van der Waals surface area contributed by atoms with Crippen molar-refractivity contribution in [2.45, 2.75) is 39.0 Å². The van der Waals surface area contributed by atoms with Gasteiger partial charge in [-0.3, -0.25) is 0 Å². The van der Waals surface area contributed by atoms with E-state index in [1.54, 1.807) is 11.1 Å². The Morgan fingerprint density at radius 1 is 1.50 bits per heavy atom. The molecule has 0 radical (unpaired) electrons. The summed E-state index contributed by atoms with van der Waals surface area (Å²) in [5, 5.41) is 0. The highest BCUT2D eigenvalue weighted by atomic mass is 14.6. The second-order valence-electron chi connectivity index (χ2n) is 5.83. The summed E-state index contributed by atoms with van der Waals surface area (Å²) in [5.74, 6) is 3.03. The minimum atomic E-state index is 0.639. The number of hydrogen-bond acceptors (Lipinski definition) is 0. The summed E-state index contributed by atoms with van der Waals surface area (Å²) in [7, 11) is 0. The Labute approximate surface area is 86.1 Å². The zero-order valence-corrected chi connectivity index (χ0v) is 8.92. The van der Waals surface area contributed by atoms with Gasteiger partial charge in [-0.1, -0.05) is 19.1 Å². The van der Waals surface area contributed by atoms with E-state index < -0.39 is 0 Å². The van der Waals surface area contributed by atoms with Gasteiger partial charge in [-0.25, -0.2) is 0 Å². The lowest BCUT2D eigenvalue weighted by atomic mass is 9.81. The van der Waals surface area contributed by atoms with Gasteiger partial charge in [0.25, 0.3) is 0 Å². The normalized spacial score (nSPS) is 52.2. The molecule has 0 aromatic carbocycles. The summed E-state index contributed by atoms with van der Waals surface area (Å²) in [5.41, 5.74) is 4.17. The third-order valence-electron chi connectivity index (χ3n) is 5.16. The number of fused-ring (bicyclic) bond motifs is 4. The third kappa shape index (κ3) is 0.809. The Hall–Kier alpha value is -0.520. The van der Waals surface area contributed by atoms with E-state index in [4.69, 9.17) is 0 Å². The molecule has 4 aliphatic carbocycles. The molecule has 3 saturated carbocycles. The van der Waals surface area contributed by atoms with Crippen molar-refractivity contribution in [3.05, 3.63) is 23.3 Å². The van der Waals surface area contributed by atoms with E-state index in [1.165, 1.54) is 32.1 Å². The summed E-state index contributed by atoms with van der Waals surface area (Å²) < 4.78 is 0. The fourth-order valence-corrected chi connectivity index (χ4v) is 3.87. The van der Waals surface area contributed by atoms with Gasteiger partial charge >= 0.3 is 0 Å². The quantitative estimate of drug-likeness (QED) is 0.585. The fraction of sp³-hybridized carbons (Fsp3) is 0.714. The first-order valence-electron chi connectivity index (χ1n) is 6.26. The maximum atomic E-state index is 2.67. The van der Waals surface area contributed by atoms with Crippen LogP contribution >= 0.6 is 0 Å². The third-order valence-corrected chi connectivity index (χ3v) is 5.16. The summed E-state index contributed by atoms with van der Waals surface area (Å²) in [6, 6.07) is 0. The fourth-order valence-electron chi connectivity index (χ4n) is 3.87. The number of rotatable bonds is 1. The first kappa shape index (κ1) is 7.73. The van der Waals surface area contributed by atoms with Crippen molar-refractivity contribution < 1.29 is 0 Å². The van der Waals surface area contributed by atoms with Crippen molar-refractivity contribution in [3.63, 3.8) is 0 Å². The molecule has 0 saturated heterocycles. The van der Waals surface area contributed by atoms with E-state index in [2.05, 4.69) is 19.1 Å². The van der Waals surface area contributed by atoms with Gasteiger partial charge in [-0.05, 0) is 66.4 Å². The Kier molecular flexibility index (Phi) is 1.20. The van der Waals surface area contributed by atoms with E-state index in [1.807, 2.05) is 0 Å². The van der Waals surface area contributed by atoms with Gasteiger partial charge < -0.3 is 0 Å². The minimum Gasteiger partial charge on any atom is -0.0767 e. The second-order valence-corrected chi connectivity index (χ2v) is 5.83. The first-order chi connectivity index (χ1) is 6.82. The molecular formula is C14H18. The predicted molar refractivity (Wildman–Crippen MR) is 57.8 cm³/mol. The van der Waals surface area contributed by atoms with E-state index in [0.717, 1.165) is 17.8 Å². The molecule has 0 nitrogen and oxygen atoms in total. The van der Waals surface area contributed by atoms with Crippen LogP contribution in [0, 0.1) is 23.2 Å². The summed E-state index contributed by atoms with van der Waals surface area (Å²) in [6.45, 7) is 2.36. The minimum absolute atomic E-state index is 0.639. The van der Waals surface area contributed by atoms with Crippen LogP contribution in [0.1, 0.15) is 39.0 Å². The lowest BCUT2D eigenvalue weighted by Crippen LogP contribution is -2.11. The highest BCUT2D eigenvalue weighted by Gasteiger charge is 2.55. The van der Waals surface area contributed by atoms with Crippen molar-refractivity contribution >= 4 is 0 Å². The first-order valence-corrected chi connectivity index (χ1v) is 6.26. The van der Waals surface area contributed by atoms with Crippen LogP contribution < -0.4 is 0 Å². The molecule has 0 aromatic heterocycles. The van der Waals surface area contributed by atoms with Gasteiger partial charge in [0, 0.05) is 0 Å². The van der Waals surface area contributed by atoms with E-state index in [9.17, 15) is 0 Å². The molecule has 14 heavy (non-hydrogen) atoms. The molecule has 0 spiro atoms. The Morgan fingerprint density at radius 2 is 2.43 bits per heavy atom. The smallest absolute Gasteiger partial charge is 0.00458 e. The molecule has 0 aliphatic heterocycles. The zero-order valence-electron chi connectivity index (χ0n) is 8.92. The van der Waals surface area contributed by atoms with E-state index in [0.29, 0.717) is 5.41 Å². The van der Waals surface area contributed by atoms with Crippen molar-refractivity contribution in [3.8, 4) is 0 Å². The summed E-state index contributed by atoms with van der Waals surface area (Å²) in [6.07, 6.45) is 12.5. The van der Waals surface area contributed by atoms with E-state index in [-0.39, 0.29) is 0 Å². The van der Waals surface area contributed by atoms with Gasteiger partial charge in [0.15, 0.2) is 0 Å². The maximum absolute atomic E-state index is 2.67. The van der Waals surface area contributed by atoms with Crippen molar-refractivity contribution in [1.82, 2.24) is 0 Å². The molecule has 0 amide bonds. The topological polar surface area (TPSA) is 0 Å². The molecule has 4 rings (SSSR count). The van der Waals surface area contributed by atoms with Gasteiger partial charge in [0.1, 0.15) is 0 Å². The summed E-state index contributed by atoms with van der Waals surface area (Å²) >= 11 is 0. The monoisotopic (exact) mass is 186 g/mol. The van der Waals surface area contributed by atoms with Crippen LogP contribution in [0.3, 0.4) is 0 Å². The van der Waals surface area contributed by atoms with Crippen molar-refractivity contribution in [2.75, 3.05) is 0 Å². The van der Waals surface area contributed by atoms with Crippen LogP contribution in [-0.4, -0.2) is 0 Å². The Balaban J connectivity index is 1.76. The Morgan fingerprint density at radius 3 is 3.29 bits per heavy atom. The van der Waals surface area contributed by atoms with Crippen LogP contribution in [-0.2, 0) is 0 Å². The molecule has 4 unspecified atom stereocenters. The van der Waals surface area contributed by atoms with Crippen LogP contribution in [0.4, 0.5) is 0 Å². The maximum Gasteiger partial charge on any atom is -0.00458 e. The van der Waals surface area contributed by atoms with Crippen LogP contribution in [0.5, 0.6) is 0 Å². The average molecular weight is 186 g/mol. The molecule has 0 N–H and O–H groups in total. The average Bonchev–Trinajstić information content (AvgIpc) is 3.08. The van der Waals surface area contributed by atoms with Crippen molar-refractivity contribution in [2.24, 2.45) is 23.2 Å². The molecular weight excluding hydrogens is 168 g/mol. The van der Waals surface area contributed by atoms with Crippen LogP contribution in [0.15, 0.2) is 23.3 Å². The SMILES string of the molecule is CCC12C=C3CCC4CC4C3=CC1C2. The van der Waals surface area contributed by atoms with E-state index >= 15 is 0 Å². The molecule has 4 aliphatic rings. The zero-order chi connectivity index (χ0) is 9.34. The molecule has 0 aromatic rings. The predicted octanol–water partition coefficient (Wildman–Crippen LogP) is 3.70. The van der Waals surface area contributed by atoms with Crippen molar-refractivity contribution in [1.29, 1.82) is 0 Å². The van der Waals surface area contributed by atoms with Gasteiger partial charge in [-0.15, -0.1) is 0 Å². The standard InChI is InChI=1S/C14H18/c1-2-14-7-10-4-3-9-5-12(9)13(10)6-11(14)8-14/h6-7,9,11-12H,2-5,8H2,1H3. The number of allylic oxidation sites excluding steroid dienone is 4. The molecule has 0 heteroatoms. The lowest BCUT2D eigenvalue weighted by molar-refractivity contribution is 0.550. The molecule has 3 fully saturated rings. The highest BCUT2D eigenvalue weighted by Crippen LogP contribution is 2.65. The van der Waals surface area contributed by atoms with Crippen LogP contribution in [0.25, 0.3) is 0 Å². The van der Waals surface area contributed by atoms with Gasteiger partial charge in [-0.2, -0.15) is 0 Å².